The summed E-state index contributed by atoms with van der Waals surface area (Å²) in [5.74, 6) is -0.00796. The Morgan fingerprint density at radius 3 is 2.32 bits per heavy atom. The number of benzene rings is 1. The molecule has 106 valence electrons. The Morgan fingerprint density at radius 1 is 1.21 bits per heavy atom. The average molecular weight is 283 g/mol. The van der Waals surface area contributed by atoms with E-state index >= 15 is 0 Å². The van der Waals surface area contributed by atoms with Gasteiger partial charge in [-0.15, -0.1) is 0 Å². The first-order valence-electron chi connectivity index (χ1n) is 6.53. The smallest absolute Gasteiger partial charge is 0.237 e. The van der Waals surface area contributed by atoms with Crippen molar-refractivity contribution in [3.05, 3.63) is 34.9 Å². The van der Waals surface area contributed by atoms with Crippen LogP contribution in [0.4, 0.5) is 0 Å². The summed E-state index contributed by atoms with van der Waals surface area (Å²) in [4.78, 5) is 12.0. The van der Waals surface area contributed by atoms with Gasteiger partial charge in [0.2, 0.25) is 5.91 Å². The first kappa shape index (κ1) is 16.0. The zero-order valence-electron chi connectivity index (χ0n) is 12.3. The number of carbonyl (C=O) groups excluding carboxylic acids is 1. The molecule has 0 bridgehead atoms. The minimum absolute atomic E-state index is 0.00796. The summed E-state index contributed by atoms with van der Waals surface area (Å²) in [6.45, 7) is 9.76. The molecule has 1 rings (SSSR count). The summed E-state index contributed by atoms with van der Waals surface area (Å²) in [6, 6.07) is 7.41. The zero-order valence-corrected chi connectivity index (χ0v) is 13.0. The Labute approximate surface area is 120 Å². The van der Waals surface area contributed by atoms with Crippen LogP contribution >= 0.6 is 11.6 Å². The second-order valence-corrected chi connectivity index (χ2v) is 6.28. The van der Waals surface area contributed by atoms with E-state index in [2.05, 4.69) is 10.6 Å². The van der Waals surface area contributed by atoms with Crippen molar-refractivity contribution in [3.8, 4) is 0 Å². The van der Waals surface area contributed by atoms with E-state index in [1.54, 1.807) is 0 Å². The van der Waals surface area contributed by atoms with Gasteiger partial charge in [0.1, 0.15) is 0 Å². The molecule has 19 heavy (non-hydrogen) atoms. The number of carbonyl (C=O) groups is 1. The maximum absolute atomic E-state index is 12.0. The molecule has 0 aliphatic rings. The number of nitrogens with one attached hydrogen (secondary N) is 2. The van der Waals surface area contributed by atoms with Crippen LogP contribution in [-0.4, -0.2) is 17.5 Å². The molecule has 2 atom stereocenters. The summed E-state index contributed by atoms with van der Waals surface area (Å²) in [7, 11) is 0. The van der Waals surface area contributed by atoms with E-state index in [4.69, 9.17) is 11.6 Å². The average Bonchev–Trinajstić information content (AvgIpc) is 2.27. The van der Waals surface area contributed by atoms with Gasteiger partial charge in [0.05, 0.1) is 6.04 Å². The summed E-state index contributed by atoms with van der Waals surface area (Å²) in [5, 5.41) is 6.93. The lowest BCUT2D eigenvalue weighted by molar-refractivity contribution is -0.124. The van der Waals surface area contributed by atoms with Crippen LogP contribution in [0.15, 0.2) is 24.3 Å². The van der Waals surface area contributed by atoms with Crippen LogP contribution in [0.25, 0.3) is 0 Å². The van der Waals surface area contributed by atoms with Crippen molar-refractivity contribution in [1.29, 1.82) is 0 Å². The summed E-state index contributed by atoms with van der Waals surface area (Å²) >= 11 is 6.15. The molecular weight excluding hydrogens is 260 g/mol. The van der Waals surface area contributed by atoms with Gasteiger partial charge in [0, 0.05) is 16.6 Å². The van der Waals surface area contributed by atoms with Crippen LogP contribution in [0.1, 0.15) is 46.2 Å². The van der Waals surface area contributed by atoms with Crippen LogP contribution in [-0.2, 0) is 4.79 Å². The molecule has 0 aromatic heterocycles. The molecule has 2 N–H and O–H groups in total. The van der Waals surface area contributed by atoms with E-state index in [9.17, 15) is 4.79 Å². The van der Waals surface area contributed by atoms with Crippen LogP contribution < -0.4 is 10.6 Å². The van der Waals surface area contributed by atoms with Gasteiger partial charge in [0.25, 0.3) is 0 Å². The molecule has 0 saturated carbocycles. The predicted molar refractivity (Wildman–Crippen MR) is 80.4 cm³/mol. The largest absolute Gasteiger partial charge is 0.350 e. The molecule has 4 heteroatoms. The lowest BCUT2D eigenvalue weighted by Crippen LogP contribution is -2.50. The van der Waals surface area contributed by atoms with Gasteiger partial charge in [-0.05, 0) is 46.2 Å². The maximum atomic E-state index is 12.0. The highest BCUT2D eigenvalue weighted by Crippen LogP contribution is 2.22. The van der Waals surface area contributed by atoms with Gasteiger partial charge in [-0.1, -0.05) is 29.8 Å². The minimum Gasteiger partial charge on any atom is -0.350 e. The van der Waals surface area contributed by atoms with Crippen molar-refractivity contribution in [2.75, 3.05) is 0 Å². The fraction of sp³-hybridized carbons (Fsp3) is 0.533. The molecule has 1 amide bonds. The van der Waals surface area contributed by atoms with Crippen LogP contribution in [0.5, 0.6) is 0 Å². The van der Waals surface area contributed by atoms with Crippen molar-refractivity contribution < 1.29 is 4.79 Å². The van der Waals surface area contributed by atoms with Crippen LogP contribution in [0.3, 0.4) is 0 Å². The Morgan fingerprint density at radius 2 is 1.79 bits per heavy atom. The van der Waals surface area contributed by atoms with Gasteiger partial charge >= 0.3 is 0 Å². The Kier molecular flexibility index (Phi) is 5.39. The second kappa shape index (κ2) is 6.40. The van der Waals surface area contributed by atoms with Gasteiger partial charge in [-0.2, -0.15) is 0 Å². The third-order valence-corrected chi connectivity index (χ3v) is 3.11. The number of rotatable bonds is 4. The van der Waals surface area contributed by atoms with Gasteiger partial charge in [-0.3, -0.25) is 10.1 Å². The van der Waals surface area contributed by atoms with Gasteiger partial charge in [0.15, 0.2) is 0 Å². The molecule has 1 aromatic rings. The summed E-state index contributed by atoms with van der Waals surface area (Å²) in [6.07, 6.45) is 0. The number of amides is 1. The van der Waals surface area contributed by atoms with Crippen molar-refractivity contribution in [1.82, 2.24) is 10.6 Å². The highest BCUT2D eigenvalue weighted by molar-refractivity contribution is 6.31. The van der Waals surface area contributed by atoms with E-state index < -0.39 is 0 Å². The van der Waals surface area contributed by atoms with Crippen LogP contribution in [0, 0.1) is 0 Å². The molecule has 1 unspecified atom stereocenters. The number of hydrogen-bond acceptors (Lipinski definition) is 2. The van der Waals surface area contributed by atoms with E-state index in [1.807, 2.05) is 58.9 Å². The normalized spacial score (nSPS) is 14.8. The van der Waals surface area contributed by atoms with E-state index in [-0.39, 0.29) is 23.5 Å². The Balaban J connectivity index is 2.64. The van der Waals surface area contributed by atoms with Gasteiger partial charge in [-0.25, -0.2) is 0 Å². The fourth-order valence-electron chi connectivity index (χ4n) is 1.84. The van der Waals surface area contributed by atoms with E-state index in [0.29, 0.717) is 5.02 Å². The summed E-state index contributed by atoms with van der Waals surface area (Å²) < 4.78 is 0. The highest BCUT2D eigenvalue weighted by Gasteiger charge is 2.21. The van der Waals surface area contributed by atoms with Crippen LogP contribution in [0.2, 0.25) is 5.02 Å². The van der Waals surface area contributed by atoms with Crippen molar-refractivity contribution in [2.24, 2.45) is 0 Å². The first-order valence-corrected chi connectivity index (χ1v) is 6.91. The molecule has 0 heterocycles. The quantitative estimate of drug-likeness (QED) is 0.890. The number of halogens is 1. The van der Waals surface area contributed by atoms with Crippen molar-refractivity contribution in [3.63, 3.8) is 0 Å². The lowest BCUT2D eigenvalue weighted by Gasteiger charge is -2.26. The molecule has 0 aliphatic heterocycles. The first-order chi connectivity index (χ1) is 8.70. The summed E-state index contributed by atoms with van der Waals surface area (Å²) in [5.41, 5.74) is 0.778. The molecule has 0 fully saturated rings. The molecular formula is C15H23ClN2O. The second-order valence-electron chi connectivity index (χ2n) is 5.87. The molecule has 0 saturated heterocycles. The minimum atomic E-state index is -0.273. The monoisotopic (exact) mass is 282 g/mol. The lowest BCUT2D eigenvalue weighted by atomic mass is 10.1. The van der Waals surface area contributed by atoms with Gasteiger partial charge < -0.3 is 5.32 Å². The van der Waals surface area contributed by atoms with Crippen molar-refractivity contribution >= 4 is 17.5 Å². The molecule has 0 radical (unpaired) electrons. The Hall–Kier alpha value is -1.06. The topological polar surface area (TPSA) is 41.1 Å². The third-order valence-electron chi connectivity index (χ3n) is 2.76. The molecule has 3 nitrogen and oxygen atoms in total. The fourth-order valence-corrected chi connectivity index (χ4v) is 2.14. The zero-order chi connectivity index (χ0) is 14.6. The Bertz CT molecular complexity index is 440. The third kappa shape index (κ3) is 5.21. The molecule has 1 aromatic carbocycles. The standard InChI is InChI=1S/C15H23ClN2O/c1-10(12-8-6-7-9-13(12)16)17-11(2)14(19)18-15(3,4)5/h6-11,17H,1-5H3,(H,18,19)/t10-,11?/m1/s1. The van der Waals surface area contributed by atoms with E-state index in [0.717, 1.165) is 5.56 Å². The predicted octanol–water partition coefficient (Wildman–Crippen LogP) is 3.29. The van der Waals surface area contributed by atoms with E-state index in [1.165, 1.54) is 0 Å². The number of hydrogen-bond donors (Lipinski definition) is 2. The highest BCUT2D eigenvalue weighted by atomic mass is 35.5. The SMILES string of the molecule is CC(N[C@H](C)c1ccccc1Cl)C(=O)NC(C)(C)C. The van der Waals surface area contributed by atoms with Crippen molar-refractivity contribution in [2.45, 2.75) is 52.2 Å². The molecule has 0 aliphatic carbocycles. The maximum Gasteiger partial charge on any atom is 0.237 e. The molecule has 0 spiro atoms.